The van der Waals surface area contributed by atoms with Crippen molar-refractivity contribution < 1.29 is 9.53 Å². The van der Waals surface area contributed by atoms with E-state index in [-0.39, 0.29) is 5.04 Å². The lowest BCUT2D eigenvalue weighted by Crippen LogP contribution is -2.53. The zero-order valence-electron chi connectivity index (χ0n) is 17.4. The van der Waals surface area contributed by atoms with E-state index < -0.39 is 11.0 Å². The molecule has 0 saturated heterocycles. The first-order chi connectivity index (χ1) is 15.5. The number of hydrogen-bond acceptors (Lipinski definition) is 7. The second-order valence-electron chi connectivity index (χ2n) is 7.27. The summed E-state index contributed by atoms with van der Waals surface area (Å²) in [7, 11) is 1.36. The number of anilines is 2. The number of hydrogen-bond donors (Lipinski definition) is 0. The van der Waals surface area contributed by atoms with Gasteiger partial charge in [-0.2, -0.15) is 10.2 Å². The van der Waals surface area contributed by atoms with Crippen LogP contribution < -0.4 is 10.0 Å². The van der Waals surface area contributed by atoms with Crippen LogP contribution in [0.4, 0.5) is 11.4 Å². The highest BCUT2D eigenvalue weighted by atomic mass is 35.5. The normalized spacial score (nSPS) is 19.5. The smallest absolute Gasteiger partial charge is 0.365 e. The van der Waals surface area contributed by atoms with Crippen molar-refractivity contribution in [1.82, 2.24) is 0 Å². The van der Waals surface area contributed by atoms with Gasteiger partial charge in [0.05, 0.1) is 24.2 Å². The van der Waals surface area contributed by atoms with Gasteiger partial charge in [0.15, 0.2) is 0 Å². The number of halogens is 1. The van der Waals surface area contributed by atoms with E-state index in [1.807, 2.05) is 77.6 Å². The van der Waals surface area contributed by atoms with E-state index in [9.17, 15) is 4.79 Å². The molecule has 2 aliphatic heterocycles. The first kappa shape index (κ1) is 20.6. The van der Waals surface area contributed by atoms with Gasteiger partial charge in [0.2, 0.25) is 10.0 Å². The van der Waals surface area contributed by atoms with Gasteiger partial charge in [-0.05, 0) is 55.1 Å². The molecular weight excluding hydrogens is 444 g/mol. The van der Waals surface area contributed by atoms with E-state index in [0.717, 1.165) is 28.2 Å². The molecule has 32 heavy (non-hydrogen) atoms. The Morgan fingerprint density at radius 3 is 2.25 bits per heavy atom. The lowest BCUT2D eigenvalue weighted by Gasteiger charge is -2.46. The van der Waals surface area contributed by atoms with Crippen molar-refractivity contribution in [2.45, 2.75) is 11.9 Å². The van der Waals surface area contributed by atoms with Crippen molar-refractivity contribution in [2.75, 3.05) is 17.1 Å². The molecule has 1 atom stereocenters. The summed E-state index contributed by atoms with van der Waals surface area (Å²) in [5.74, 6) is -0.498. The molecule has 1 spiro atoms. The average molecular weight is 463 g/mol. The van der Waals surface area contributed by atoms with Crippen molar-refractivity contribution in [1.29, 1.82) is 0 Å². The highest BCUT2D eigenvalue weighted by molar-refractivity contribution is 8.16. The largest absolute Gasteiger partial charge is 0.464 e. The Morgan fingerprint density at radius 2 is 1.53 bits per heavy atom. The van der Waals surface area contributed by atoms with Crippen molar-refractivity contribution in [3.8, 4) is 0 Å². The molecule has 5 rings (SSSR count). The highest BCUT2D eigenvalue weighted by Gasteiger charge is 2.56. The van der Waals surface area contributed by atoms with Gasteiger partial charge in [0.1, 0.15) is 0 Å². The number of methoxy groups -OCH3 is 1. The molecule has 2 heterocycles. The zero-order chi connectivity index (χ0) is 22.3. The second-order valence-corrected chi connectivity index (χ2v) is 8.87. The molecular formula is C24H19ClN4O2S. The predicted molar refractivity (Wildman–Crippen MR) is 130 cm³/mol. The molecule has 3 aromatic carbocycles. The van der Waals surface area contributed by atoms with Crippen LogP contribution in [0.5, 0.6) is 0 Å². The van der Waals surface area contributed by atoms with Crippen molar-refractivity contribution in [3.63, 3.8) is 0 Å². The summed E-state index contributed by atoms with van der Waals surface area (Å²) in [6, 6.07) is 25.3. The minimum absolute atomic E-state index is 0.243. The van der Waals surface area contributed by atoms with Gasteiger partial charge in [-0.1, -0.05) is 54.1 Å². The van der Waals surface area contributed by atoms with E-state index >= 15 is 0 Å². The number of nitrogens with zero attached hydrogens (tertiary/aromatic N) is 4. The van der Waals surface area contributed by atoms with E-state index in [1.54, 1.807) is 12.1 Å². The molecule has 0 aromatic heterocycles. The maximum Gasteiger partial charge on any atom is 0.365 e. The maximum atomic E-state index is 12.6. The Kier molecular flexibility index (Phi) is 5.15. The summed E-state index contributed by atoms with van der Waals surface area (Å²) in [6.45, 7) is 1.98. The molecule has 160 valence electrons. The number of rotatable bonds is 3. The Hall–Kier alpha value is -3.29. The maximum absolute atomic E-state index is 12.6. The Balaban J connectivity index is 1.80. The molecule has 0 amide bonds. The number of ether oxygens (including phenoxy) is 1. The summed E-state index contributed by atoms with van der Waals surface area (Å²) in [5, 5.41) is 14.3. The third kappa shape index (κ3) is 3.16. The first-order valence-electron chi connectivity index (χ1n) is 9.96. The van der Waals surface area contributed by atoms with Crippen LogP contribution >= 0.6 is 23.4 Å². The minimum Gasteiger partial charge on any atom is -0.464 e. The Bertz CT molecular complexity index is 1250. The summed E-state index contributed by atoms with van der Waals surface area (Å²) in [4.78, 5) is 11.6. The van der Waals surface area contributed by atoms with Crippen LogP contribution in [0, 0.1) is 0 Å². The predicted octanol–water partition coefficient (Wildman–Crippen LogP) is 5.43. The SMILES string of the molecule is COC(=O)C1=NN(c2ccc(Cl)cc2)C2(S1)c1ccccc1C(C)=NN2c1ccccc1. The molecule has 0 radical (unpaired) electrons. The van der Waals surface area contributed by atoms with Crippen LogP contribution in [0.15, 0.2) is 89.1 Å². The lowest BCUT2D eigenvalue weighted by atomic mass is 9.98. The third-order valence-electron chi connectivity index (χ3n) is 5.35. The number of para-hydroxylation sites is 1. The van der Waals surface area contributed by atoms with E-state index in [0.29, 0.717) is 5.02 Å². The van der Waals surface area contributed by atoms with Crippen molar-refractivity contribution in [3.05, 3.63) is 95.0 Å². The van der Waals surface area contributed by atoms with Crippen molar-refractivity contribution >= 4 is 51.5 Å². The summed E-state index contributed by atoms with van der Waals surface area (Å²) >= 11 is 7.46. The van der Waals surface area contributed by atoms with E-state index in [1.165, 1.54) is 18.9 Å². The zero-order valence-corrected chi connectivity index (χ0v) is 19.0. The van der Waals surface area contributed by atoms with Gasteiger partial charge < -0.3 is 4.74 Å². The fourth-order valence-electron chi connectivity index (χ4n) is 3.91. The van der Waals surface area contributed by atoms with Crippen LogP contribution in [0.2, 0.25) is 5.02 Å². The van der Waals surface area contributed by atoms with E-state index in [2.05, 4.69) is 6.07 Å². The number of carbonyl (C=O) groups is 1. The molecule has 1 unspecified atom stereocenters. The molecule has 2 aliphatic rings. The number of carbonyl (C=O) groups excluding carboxylic acids is 1. The van der Waals surface area contributed by atoms with Crippen LogP contribution in [-0.4, -0.2) is 23.8 Å². The molecule has 0 bridgehead atoms. The second kappa shape index (κ2) is 8.00. The van der Waals surface area contributed by atoms with Crippen molar-refractivity contribution in [2.24, 2.45) is 10.2 Å². The van der Waals surface area contributed by atoms with Gasteiger partial charge in [0, 0.05) is 16.1 Å². The summed E-state index contributed by atoms with van der Waals surface area (Å²) in [6.07, 6.45) is 0. The molecule has 0 aliphatic carbocycles. The van der Waals surface area contributed by atoms with Crippen LogP contribution in [-0.2, 0) is 14.5 Å². The molecule has 0 fully saturated rings. The van der Waals surface area contributed by atoms with Crippen LogP contribution in [0.3, 0.4) is 0 Å². The third-order valence-corrected chi connectivity index (χ3v) is 6.90. The van der Waals surface area contributed by atoms with Gasteiger partial charge in [-0.15, -0.1) is 0 Å². The topological polar surface area (TPSA) is 57.5 Å². The quantitative estimate of drug-likeness (QED) is 0.485. The van der Waals surface area contributed by atoms with Crippen LogP contribution in [0.1, 0.15) is 18.1 Å². The minimum atomic E-state index is -0.977. The Labute approximate surface area is 195 Å². The molecule has 8 heteroatoms. The standard InChI is InChI=1S/C24H19ClN4O2S/c1-16-20-10-6-7-11-21(20)24(28(26-16)18-8-4-3-5-9-18)29(19-14-12-17(25)13-15-19)27-22(32-24)23(30)31-2/h3-15H,1-2H3. The number of hydrazone groups is 2. The Morgan fingerprint density at radius 1 is 0.906 bits per heavy atom. The first-order valence-corrected chi connectivity index (χ1v) is 11.2. The average Bonchev–Trinajstić information content (AvgIpc) is 3.23. The van der Waals surface area contributed by atoms with Crippen LogP contribution in [0.25, 0.3) is 0 Å². The number of esters is 1. The molecule has 0 saturated carbocycles. The lowest BCUT2D eigenvalue weighted by molar-refractivity contribution is -0.132. The number of fused-ring (bicyclic) bond motifs is 2. The fraction of sp³-hybridized carbons (Fsp3) is 0.125. The van der Waals surface area contributed by atoms with Gasteiger partial charge in [-0.25, -0.2) is 14.8 Å². The molecule has 3 aromatic rings. The number of benzene rings is 3. The fourth-order valence-corrected chi connectivity index (χ4v) is 5.35. The summed E-state index contributed by atoms with van der Waals surface area (Å²) < 4.78 is 5.03. The van der Waals surface area contributed by atoms with E-state index in [4.69, 9.17) is 26.5 Å². The monoisotopic (exact) mass is 462 g/mol. The molecule has 0 N–H and O–H groups in total. The molecule has 6 nitrogen and oxygen atoms in total. The number of thioether (sulfide) groups is 1. The van der Waals surface area contributed by atoms with Gasteiger partial charge >= 0.3 is 5.97 Å². The highest BCUT2D eigenvalue weighted by Crippen LogP contribution is 2.54. The van der Waals surface area contributed by atoms with Gasteiger partial charge in [-0.3, -0.25) is 0 Å². The summed E-state index contributed by atoms with van der Waals surface area (Å²) in [5.41, 5.74) is 4.48. The van der Waals surface area contributed by atoms with Gasteiger partial charge in [0.25, 0.3) is 0 Å².